The van der Waals surface area contributed by atoms with Crippen LogP contribution in [-0.4, -0.2) is 13.0 Å². The van der Waals surface area contributed by atoms with Crippen molar-refractivity contribution in [1.82, 2.24) is 0 Å². The van der Waals surface area contributed by atoms with Gasteiger partial charge >= 0.3 is 0 Å². The third-order valence-electron chi connectivity index (χ3n) is 2.56. The standard InChI is InChI=1S/C13H13F2NO/c14-13(15)8-17-12-6-5-9(7-16)10-3-1-2-4-11(10)12/h1-6,13H,7-8,16H2. The van der Waals surface area contributed by atoms with Crippen LogP contribution in [0.1, 0.15) is 5.56 Å². The molecule has 2 N–H and O–H groups in total. The number of benzene rings is 2. The number of nitrogens with two attached hydrogens (primary N) is 1. The van der Waals surface area contributed by atoms with Crippen molar-refractivity contribution in [2.24, 2.45) is 5.73 Å². The molecule has 90 valence electrons. The third-order valence-corrected chi connectivity index (χ3v) is 2.56. The second kappa shape index (κ2) is 5.10. The molecule has 0 saturated carbocycles. The normalized spacial score (nSPS) is 11.1. The first kappa shape index (κ1) is 11.8. The molecule has 2 aromatic carbocycles. The molecular formula is C13H13F2NO. The summed E-state index contributed by atoms with van der Waals surface area (Å²) >= 11 is 0. The van der Waals surface area contributed by atoms with Crippen molar-refractivity contribution in [2.45, 2.75) is 13.0 Å². The van der Waals surface area contributed by atoms with Crippen LogP contribution >= 0.6 is 0 Å². The van der Waals surface area contributed by atoms with Gasteiger partial charge in [-0.25, -0.2) is 8.78 Å². The molecular weight excluding hydrogens is 224 g/mol. The minimum absolute atomic E-state index is 0.412. The number of fused-ring (bicyclic) bond motifs is 1. The van der Waals surface area contributed by atoms with E-state index in [2.05, 4.69) is 0 Å². The van der Waals surface area contributed by atoms with E-state index in [4.69, 9.17) is 10.5 Å². The van der Waals surface area contributed by atoms with Crippen molar-refractivity contribution < 1.29 is 13.5 Å². The van der Waals surface area contributed by atoms with Gasteiger partial charge in [-0.3, -0.25) is 0 Å². The van der Waals surface area contributed by atoms with Crippen LogP contribution in [0.15, 0.2) is 36.4 Å². The highest BCUT2D eigenvalue weighted by Crippen LogP contribution is 2.28. The second-order valence-electron chi connectivity index (χ2n) is 3.67. The van der Waals surface area contributed by atoms with Crippen LogP contribution in [-0.2, 0) is 6.54 Å². The molecule has 0 unspecified atom stereocenters. The predicted octanol–water partition coefficient (Wildman–Crippen LogP) is 2.94. The lowest BCUT2D eigenvalue weighted by Gasteiger charge is -2.11. The molecule has 0 amide bonds. The molecule has 0 fully saturated rings. The number of alkyl halides is 2. The minimum Gasteiger partial charge on any atom is -0.487 e. The van der Waals surface area contributed by atoms with E-state index in [-0.39, 0.29) is 0 Å². The van der Waals surface area contributed by atoms with Crippen molar-refractivity contribution in [3.05, 3.63) is 42.0 Å². The molecule has 2 nitrogen and oxygen atoms in total. The summed E-state index contributed by atoms with van der Waals surface area (Å²) in [6, 6.07) is 11.0. The van der Waals surface area contributed by atoms with E-state index < -0.39 is 13.0 Å². The maximum Gasteiger partial charge on any atom is 0.272 e. The van der Waals surface area contributed by atoms with Crippen molar-refractivity contribution in [3.8, 4) is 5.75 Å². The van der Waals surface area contributed by atoms with Crippen LogP contribution in [0, 0.1) is 0 Å². The minimum atomic E-state index is -2.47. The number of halogens is 2. The molecule has 0 aliphatic heterocycles. The van der Waals surface area contributed by atoms with Gasteiger partial charge in [-0.1, -0.05) is 30.3 Å². The molecule has 0 atom stereocenters. The lowest BCUT2D eigenvalue weighted by atomic mass is 10.0. The fourth-order valence-corrected chi connectivity index (χ4v) is 1.79. The van der Waals surface area contributed by atoms with E-state index in [0.717, 1.165) is 16.3 Å². The molecule has 0 spiro atoms. The highest BCUT2D eigenvalue weighted by Gasteiger charge is 2.08. The first-order valence-corrected chi connectivity index (χ1v) is 5.34. The zero-order valence-electron chi connectivity index (χ0n) is 9.20. The molecule has 0 heterocycles. The summed E-state index contributed by atoms with van der Waals surface area (Å²) in [4.78, 5) is 0. The Balaban J connectivity index is 2.43. The van der Waals surface area contributed by atoms with Crippen molar-refractivity contribution >= 4 is 10.8 Å². The fourth-order valence-electron chi connectivity index (χ4n) is 1.79. The Hall–Kier alpha value is -1.68. The molecule has 4 heteroatoms. The molecule has 2 rings (SSSR count). The van der Waals surface area contributed by atoms with E-state index in [9.17, 15) is 8.78 Å². The van der Waals surface area contributed by atoms with E-state index in [1.807, 2.05) is 30.3 Å². The van der Waals surface area contributed by atoms with Gasteiger partial charge in [0.1, 0.15) is 12.4 Å². The summed E-state index contributed by atoms with van der Waals surface area (Å²) in [7, 11) is 0. The van der Waals surface area contributed by atoms with Crippen LogP contribution in [0.5, 0.6) is 5.75 Å². The van der Waals surface area contributed by atoms with Gasteiger partial charge in [-0.05, 0) is 17.0 Å². The van der Waals surface area contributed by atoms with E-state index in [1.165, 1.54) is 0 Å². The van der Waals surface area contributed by atoms with Crippen molar-refractivity contribution in [1.29, 1.82) is 0 Å². The van der Waals surface area contributed by atoms with Gasteiger partial charge in [0.25, 0.3) is 6.43 Å². The summed E-state index contributed by atoms with van der Waals surface area (Å²) in [6.07, 6.45) is -2.47. The third kappa shape index (κ3) is 2.53. The lowest BCUT2D eigenvalue weighted by Crippen LogP contribution is -2.07. The smallest absolute Gasteiger partial charge is 0.272 e. The van der Waals surface area contributed by atoms with E-state index in [1.54, 1.807) is 6.07 Å². The number of ether oxygens (including phenoxy) is 1. The second-order valence-corrected chi connectivity index (χ2v) is 3.67. The maximum atomic E-state index is 12.1. The Morgan fingerprint density at radius 2 is 1.76 bits per heavy atom. The van der Waals surface area contributed by atoms with Crippen LogP contribution in [0.2, 0.25) is 0 Å². The van der Waals surface area contributed by atoms with E-state index in [0.29, 0.717) is 12.3 Å². The molecule has 0 radical (unpaired) electrons. The molecule has 0 aliphatic rings. The fraction of sp³-hybridized carbons (Fsp3) is 0.231. The monoisotopic (exact) mass is 237 g/mol. The molecule has 0 bridgehead atoms. The molecule has 0 aromatic heterocycles. The Labute approximate surface area is 98.0 Å². The van der Waals surface area contributed by atoms with Crippen molar-refractivity contribution in [3.63, 3.8) is 0 Å². The van der Waals surface area contributed by atoms with Crippen LogP contribution in [0.4, 0.5) is 8.78 Å². The summed E-state index contributed by atoms with van der Waals surface area (Å²) in [5.74, 6) is 0.470. The summed E-state index contributed by atoms with van der Waals surface area (Å²) in [5, 5.41) is 1.76. The van der Waals surface area contributed by atoms with Crippen molar-refractivity contribution in [2.75, 3.05) is 6.61 Å². The number of rotatable bonds is 4. The van der Waals surface area contributed by atoms with Crippen LogP contribution in [0.3, 0.4) is 0 Å². The summed E-state index contributed by atoms with van der Waals surface area (Å²) in [6.45, 7) is -0.179. The lowest BCUT2D eigenvalue weighted by molar-refractivity contribution is 0.0826. The first-order chi connectivity index (χ1) is 8.22. The zero-order valence-corrected chi connectivity index (χ0v) is 9.20. The number of hydrogen-bond acceptors (Lipinski definition) is 2. The topological polar surface area (TPSA) is 35.2 Å². The van der Waals surface area contributed by atoms with Gasteiger partial charge in [0.05, 0.1) is 0 Å². The maximum absolute atomic E-state index is 12.1. The summed E-state index contributed by atoms with van der Waals surface area (Å²) in [5.41, 5.74) is 6.60. The van der Waals surface area contributed by atoms with E-state index >= 15 is 0 Å². The predicted molar refractivity (Wildman–Crippen MR) is 63.3 cm³/mol. The van der Waals surface area contributed by atoms with Gasteiger partial charge in [0.15, 0.2) is 0 Å². The van der Waals surface area contributed by atoms with Gasteiger partial charge in [0, 0.05) is 11.9 Å². The average Bonchev–Trinajstić information content (AvgIpc) is 2.35. The molecule has 2 aromatic rings. The van der Waals surface area contributed by atoms with Gasteiger partial charge in [-0.2, -0.15) is 0 Å². The molecule has 17 heavy (non-hydrogen) atoms. The largest absolute Gasteiger partial charge is 0.487 e. The van der Waals surface area contributed by atoms with Gasteiger partial charge < -0.3 is 10.5 Å². The Bertz CT molecular complexity index is 514. The number of hydrogen-bond donors (Lipinski definition) is 1. The van der Waals surface area contributed by atoms with Crippen LogP contribution < -0.4 is 10.5 Å². The highest BCUT2D eigenvalue weighted by molar-refractivity contribution is 5.91. The SMILES string of the molecule is NCc1ccc(OCC(F)F)c2ccccc12. The molecule has 0 aliphatic carbocycles. The molecule has 0 saturated heterocycles. The Morgan fingerprint density at radius 3 is 2.41 bits per heavy atom. The quantitative estimate of drug-likeness (QED) is 0.887. The van der Waals surface area contributed by atoms with Gasteiger partial charge in [-0.15, -0.1) is 0 Å². The Kier molecular flexibility index (Phi) is 3.54. The summed E-state index contributed by atoms with van der Waals surface area (Å²) < 4.78 is 29.3. The zero-order chi connectivity index (χ0) is 12.3. The first-order valence-electron chi connectivity index (χ1n) is 5.34. The van der Waals surface area contributed by atoms with Gasteiger partial charge in [0.2, 0.25) is 0 Å². The highest BCUT2D eigenvalue weighted by atomic mass is 19.3. The van der Waals surface area contributed by atoms with Crippen LogP contribution in [0.25, 0.3) is 10.8 Å². The average molecular weight is 237 g/mol. The Morgan fingerprint density at radius 1 is 1.06 bits per heavy atom.